The Balaban J connectivity index is 1.90. The van der Waals surface area contributed by atoms with E-state index in [-0.39, 0.29) is 16.7 Å². The zero-order valence-electron chi connectivity index (χ0n) is 11.9. The molecule has 0 radical (unpaired) electrons. The minimum absolute atomic E-state index is 0.0602. The average Bonchev–Trinajstić information content (AvgIpc) is 3.18. The summed E-state index contributed by atoms with van der Waals surface area (Å²) in [6.07, 6.45) is 3.82. The van der Waals surface area contributed by atoms with Crippen molar-refractivity contribution in [2.24, 2.45) is 0 Å². The van der Waals surface area contributed by atoms with Gasteiger partial charge in [-0.3, -0.25) is 0 Å². The molecule has 0 bridgehead atoms. The van der Waals surface area contributed by atoms with Crippen molar-refractivity contribution in [3.63, 3.8) is 0 Å². The van der Waals surface area contributed by atoms with E-state index in [0.717, 1.165) is 0 Å². The van der Waals surface area contributed by atoms with Gasteiger partial charge in [0.25, 0.3) is 0 Å². The number of methoxy groups -OCH3 is 1. The van der Waals surface area contributed by atoms with Gasteiger partial charge in [0.05, 0.1) is 25.5 Å². The first-order valence-corrected chi connectivity index (χ1v) is 8.53. The number of rotatable bonds is 4. The normalized spacial score (nSPS) is 19.5. The number of hydrogen-bond acceptors (Lipinski definition) is 5. The first-order valence-electron chi connectivity index (χ1n) is 6.72. The first-order chi connectivity index (χ1) is 10.5. The van der Waals surface area contributed by atoms with Gasteiger partial charge >= 0.3 is 0 Å². The van der Waals surface area contributed by atoms with Crippen molar-refractivity contribution in [2.45, 2.75) is 17.4 Å². The molecule has 1 fully saturated rings. The summed E-state index contributed by atoms with van der Waals surface area (Å²) < 4.78 is 32.2. The quantitative estimate of drug-likeness (QED) is 0.843. The number of halogens is 1. The van der Waals surface area contributed by atoms with E-state index < -0.39 is 10.0 Å². The molecule has 1 aromatic heterocycles. The van der Waals surface area contributed by atoms with Crippen molar-refractivity contribution in [3.8, 4) is 5.75 Å². The van der Waals surface area contributed by atoms with Crippen LogP contribution in [0.25, 0.3) is 0 Å². The molecule has 1 aliphatic heterocycles. The van der Waals surface area contributed by atoms with Gasteiger partial charge in [0.1, 0.15) is 10.6 Å². The lowest BCUT2D eigenvalue weighted by Crippen LogP contribution is -2.30. The van der Waals surface area contributed by atoms with Crippen LogP contribution < -0.4 is 4.74 Å². The summed E-state index contributed by atoms with van der Waals surface area (Å²) in [4.78, 5) is 1.63. The molecule has 7 nitrogen and oxygen atoms in total. The van der Waals surface area contributed by atoms with Crippen molar-refractivity contribution >= 4 is 21.6 Å². The van der Waals surface area contributed by atoms with Gasteiger partial charge in [-0.15, -0.1) is 0 Å². The Hall–Kier alpha value is -1.64. The van der Waals surface area contributed by atoms with Gasteiger partial charge in [0.15, 0.2) is 0 Å². The molecule has 1 saturated heterocycles. The molecule has 9 heteroatoms. The predicted molar refractivity (Wildman–Crippen MR) is 80.4 cm³/mol. The molecule has 1 aliphatic rings. The maximum Gasteiger partial charge on any atom is 0.246 e. The van der Waals surface area contributed by atoms with Gasteiger partial charge in [-0.2, -0.15) is 19.3 Å². The van der Waals surface area contributed by atoms with Crippen LogP contribution in [0.3, 0.4) is 0 Å². The van der Waals surface area contributed by atoms with E-state index in [2.05, 4.69) is 10.2 Å². The van der Waals surface area contributed by atoms with Crippen LogP contribution in [-0.4, -0.2) is 47.9 Å². The van der Waals surface area contributed by atoms with E-state index in [1.165, 1.54) is 17.5 Å². The monoisotopic (exact) mass is 342 g/mol. The van der Waals surface area contributed by atoms with Crippen LogP contribution in [0.15, 0.2) is 35.5 Å². The standard InChI is InChI=1S/C13H15ClN4O3S/c1-21-12-3-2-10(14)8-13(12)22(19,20)17-7-4-11(9-17)18-15-5-6-16-18/h2-3,5-6,8,11H,4,7,9H2,1H3/t11-/m0/s1. The molecule has 1 aromatic carbocycles. The minimum Gasteiger partial charge on any atom is -0.495 e. The average molecular weight is 343 g/mol. The highest BCUT2D eigenvalue weighted by Gasteiger charge is 2.35. The van der Waals surface area contributed by atoms with E-state index in [4.69, 9.17) is 16.3 Å². The van der Waals surface area contributed by atoms with Gasteiger partial charge in [-0.25, -0.2) is 8.42 Å². The SMILES string of the molecule is COc1ccc(Cl)cc1S(=O)(=O)N1CC[C@H](n2nccn2)C1. The minimum atomic E-state index is -3.67. The Labute approximate surface area is 133 Å². The second-order valence-electron chi connectivity index (χ2n) is 4.95. The first kappa shape index (κ1) is 15.3. The Morgan fingerprint density at radius 2 is 2.05 bits per heavy atom. The maximum absolute atomic E-state index is 12.8. The second kappa shape index (κ2) is 5.86. The van der Waals surface area contributed by atoms with Crippen molar-refractivity contribution in [1.29, 1.82) is 0 Å². The molecular formula is C13H15ClN4O3S. The molecule has 3 rings (SSSR count). The molecule has 118 valence electrons. The lowest BCUT2D eigenvalue weighted by molar-refractivity contribution is 0.390. The fraction of sp³-hybridized carbons (Fsp3) is 0.385. The number of nitrogens with zero attached hydrogens (tertiary/aromatic N) is 4. The summed E-state index contributed by atoms with van der Waals surface area (Å²) in [6, 6.07) is 4.50. The van der Waals surface area contributed by atoms with Gasteiger partial charge in [-0.05, 0) is 24.6 Å². The molecule has 0 amide bonds. The second-order valence-corrected chi connectivity index (χ2v) is 7.29. The molecule has 22 heavy (non-hydrogen) atoms. The van der Waals surface area contributed by atoms with Crippen molar-refractivity contribution in [1.82, 2.24) is 19.3 Å². The van der Waals surface area contributed by atoms with Crippen LogP contribution in [-0.2, 0) is 10.0 Å². The fourth-order valence-electron chi connectivity index (χ4n) is 2.52. The van der Waals surface area contributed by atoms with E-state index in [1.54, 1.807) is 29.3 Å². The van der Waals surface area contributed by atoms with Crippen LogP contribution in [0.5, 0.6) is 5.75 Å². The van der Waals surface area contributed by atoms with Gasteiger partial charge in [0, 0.05) is 18.1 Å². The molecule has 0 N–H and O–H groups in total. The molecule has 0 aliphatic carbocycles. The van der Waals surface area contributed by atoms with Crippen molar-refractivity contribution in [3.05, 3.63) is 35.6 Å². The largest absolute Gasteiger partial charge is 0.495 e. The fourth-order valence-corrected chi connectivity index (χ4v) is 4.43. The Morgan fingerprint density at radius 3 is 2.73 bits per heavy atom. The molecule has 0 unspecified atom stereocenters. The zero-order chi connectivity index (χ0) is 15.7. The van der Waals surface area contributed by atoms with Gasteiger partial charge in [-0.1, -0.05) is 11.6 Å². The molecule has 0 saturated carbocycles. The molecule has 1 atom stereocenters. The lowest BCUT2D eigenvalue weighted by Gasteiger charge is -2.18. The third-order valence-corrected chi connectivity index (χ3v) is 5.75. The summed E-state index contributed by atoms with van der Waals surface area (Å²) in [5.74, 6) is 0.282. The van der Waals surface area contributed by atoms with Crippen LogP contribution in [0, 0.1) is 0 Å². The predicted octanol–water partition coefficient (Wildman–Crippen LogP) is 1.58. The smallest absolute Gasteiger partial charge is 0.246 e. The van der Waals surface area contributed by atoms with Crippen LogP contribution in [0.1, 0.15) is 12.5 Å². The lowest BCUT2D eigenvalue weighted by atomic mass is 10.3. The molecule has 2 heterocycles. The van der Waals surface area contributed by atoms with Gasteiger partial charge in [0.2, 0.25) is 10.0 Å². The summed E-state index contributed by atoms with van der Waals surface area (Å²) >= 11 is 5.93. The number of ether oxygens (including phenoxy) is 1. The zero-order valence-corrected chi connectivity index (χ0v) is 13.5. The number of benzene rings is 1. The van der Waals surface area contributed by atoms with E-state index in [0.29, 0.717) is 24.5 Å². The Morgan fingerprint density at radius 1 is 1.32 bits per heavy atom. The summed E-state index contributed by atoms with van der Waals surface area (Å²) in [5, 5.41) is 8.50. The highest BCUT2D eigenvalue weighted by Crippen LogP contribution is 2.32. The maximum atomic E-state index is 12.8. The topological polar surface area (TPSA) is 77.3 Å². The molecular weight excluding hydrogens is 328 g/mol. The van der Waals surface area contributed by atoms with Crippen molar-refractivity contribution in [2.75, 3.05) is 20.2 Å². The highest BCUT2D eigenvalue weighted by molar-refractivity contribution is 7.89. The van der Waals surface area contributed by atoms with Gasteiger partial charge < -0.3 is 4.74 Å². The van der Waals surface area contributed by atoms with Crippen molar-refractivity contribution < 1.29 is 13.2 Å². The number of sulfonamides is 1. The number of hydrogen-bond donors (Lipinski definition) is 0. The summed E-state index contributed by atoms with van der Waals surface area (Å²) in [5.41, 5.74) is 0. The van der Waals surface area contributed by atoms with Crippen LogP contribution in [0.4, 0.5) is 0 Å². The van der Waals surface area contributed by atoms with Crippen LogP contribution in [0.2, 0.25) is 5.02 Å². The van der Waals surface area contributed by atoms with E-state index >= 15 is 0 Å². The summed E-state index contributed by atoms with van der Waals surface area (Å²) in [6.45, 7) is 0.733. The number of aromatic nitrogens is 3. The molecule has 0 spiro atoms. The Kier molecular flexibility index (Phi) is 4.07. The Bertz CT molecular complexity index is 764. The van der Waals surface area contributed by atoms with E-state index in [1.807, 2.05) is 0 Å². The summed E-state index contributed by atoms with van der Waals surface area (Å²) in [7, 11) is -2.24. The van der Waals surface area contributed by atoms with E-state index in [9.17, 15) is 8.42 Å². The highest BCUT2D eigenvalue weighted by atomic mass is 35.5. The third-order valence-electron chi connectivity index (χ3n) is 3.63. The molecule has 2 aromatic rings. The third kappa shape index (κ3) is 2.69. The van der Waals surface area contributed by atoms with Crippen LogP contribution >= 0.6 is 11.6 Å².